The van der Waals surface area contributed by atoms with Gasteiger partial charge in [0.1, 0.15) is 4.99 Å². The number of aliphatic hydroxyl groups is 2. The number of nitrogens with one attached hydrogen (secondary N) is 1. The number of amides is 1. The Kier molecular flexibility index (Phi) is 7.84. The number of hydrogen-bond donors (Lipinski definition) is 4. The lowest BCUT2D eigenvalue weighted by atomic mass is 10.2. The second-order valence-corrected chi connectivity index (χ2v) is 4.97. The molecule has 21 heavy (non-hydrogen) atoms. The number of nitrogens with zero attached hydrogens (tertiary/aromatic N) is 1. The van der Waals surface area contributed by atoms with Crippen molar-refractivity contribution in [2.45, 2.75) is 6.42 Å². The van der Waals surface area contributed by atoms with Crippen LogP contribution in [0.4, 0.5) is 5.69 Å². The first-order valence-corrected chi connectivity index (χ1v) is 7.11. The highest BCUT2D eigenvalue weighted by Crippen LogP contribution is 2.10. The van der Waals surface area contributed by atoms with Crippen LogP contribution in [0.15, 0.2) is 24.3 Å². The number of benzene rings is 1. The maximum atomic E-state index is 11.8. The molecule has 116 valence electrons. The topological polar surface area (TPSA) is 98.8 Å². The molecular weight excluding hydrogens is 290 g/mol. The Labute approximate surface area is 129 Å². The first-order valence-electron chi connectivity index (χ1n) is 6.70. The molecule has 0 atom stereocenters. The summed E-state index contributed by atoms with van der Waals surface area (Å²) in [7, 11) is 0. The Morgan fingerprint density at radius 1 is 1.14 bits per heavy atom. The van der Waals surface area contributed by atoms with Crippen molar-refractivity contribution in [3.8, 4) is 0 Å². The third-order valence-corrected chi connectivity index (χ3v) is 3.18. The molecule has 1 rings (SSSR count). The molecule has 0 radical (unpaired) electrons. The summed E-state index contributed by atoms with van der Waals surface area (Å²) in [6.07, 6.45) is 0.289. The first kappa shape index (κ1) is 17.5. The third kappa shape index (κ3) is 6.63. The van der Waals surface area contributed by atoms with E-state index in [0.717, 1.165) is 5.56 Å². The van der Waals surface area contributed by atoms with E-state index in [1.54, 1.807) is 24.3 Å². The fourth-order valence-electron chi connectivity index (χ4n) is 1.82. The minimum Gasteiger partial charge on any atom is -0.395 e. The van der Waals surface area contributed by atoms with Gasteiger partial charge < -0.3 is 21.3 Å². The molecule has 0 spiro atoms. The molecule has 6 nitrogen and oxygen atoms in total. The summed E-state index contributed by atoms with van der Waals surface area (Å²) in [5.74, 6) is -0.126. The number of carbonyl (C=O) groups excluding carboxylic acids is 1. The second kappa shape index (κ2) is 9.41. The van der Waals surface area contributed by atoms with Crippen molar-refractivity contribution in [1.82, 2.24) is 4.90 Å². The number of carbonyl (C=O) groups is 1. The minimum atomic E-state index is -0.126. The smallest absolute Gasteiger partial charge is 0.225 e. The summed E-state index contributed by atoms with van der Waals surface area (Å²) in [4.78, 5) is 14.0. The zero-order valence-electron chi connectivity index (χ0n) is 11.8. The molecule has 0 aliphatic carbocycles. The summed E-state index contributed by atoms with van der Waals surface area (Å²) in [5, 5.41) is 20.6. The van der Waals surface area contributed by atoms with Crippen molar-refractivity contribution in [2.75, 3.05) is 38.2 Å². The molecule has 1 amide bonds. The van der Waals surface area contributed by atoms with E-state index in [-0.39, 0.29) is 25.5 Å². The summed E-state index contributed by atoms with van der Waals surface area (Å²) in [6.45, 7) is 1.37. The quantitative estimate of drug-likeness (QED) is 0.477. The number of nitrogens with two attached hydrogens (primary N) is 1. The average molecular weight is 311 g/mol. The molecule has 0 saturated heterocycles. The van der Waals surface area contributed by atoms with Gasteiger partial charge in [-0.15, -0.1) is 0 Å². The van der Waals surface area contributed by atoms with E-state index >= 15 is 0 Å². The number of anilines is 1. The molecule has 1 aromatic carbocycles. The van der Waals surface area contributed by atoms with Crippen LogP contribution in [0.25, 0.3) is 0 Å². The van der Waals surface area contributed by atoms with Crippen LogP contribution < -0.4 is 11.1 Å². The summed E-state index contributed by atoms with van der Waals surface area (Å²) in [6, 6.07) is 6.99. The highest BCUT2D eigenvalue weighted by atomic mass is 32.1. The van der Waals surface area contributed by atoms with Crippen LogP contribution in [-0.4, -0.2) is 58.9 Å². The monoisotopic (exact) mass is 311 g/mol. The Morgan fingerprint density at radius 2 is 1.71 bits per heavy atom. The molecule has 0 saturated carbocycles. The van der Waals surface area contributed by atoms with Gasteiger partial charge in [0, 0.05) is 37.3 Å². The first-order chi connectivity index (χ1) is 10.1. The van der Waals surface area contributed by atoms with Crippen molar-refractivity contribution in [1.29, 1.82) is 0 Å². The van der Waals surface area contributed by atoms with E-state index < -0.39 is 0 Å². The van der Waals surface area contributed by atoms with Gasteiger partial charge in [-0.05, 0) is 24.3 Å². The zero-order chi connectivity index (χ0) is 15.7. The Bertz CT molecular complexity index is 459. The molecule has 0 aromatic heterocycles. The van der Waals surface area contributed by atoms with Gasteiger partial charge in [-0.25, -0.2) is 0 Å². The van der Waals surface area contributed by atoms with Gasteiger partial charge >= 0.3 is 0 Å². The van der Waals surface area contributed by atoms with Gasteiger partial charge in [0.25, 0.3) is 0 Å². The summed E-state index contributed by atoms with van der Waals surface area (Å²) >= 11 is 4.86. The van der Waals surface area contributed by atoms with E-state index in [9.17, 15) is 4.79 Å². The van der Waals surface area contributed by atoms with Crippen LogP contribution in [0.2, 0.25) is 0 Å². The highest BCUT2D eigenvalue weighted by molar-refractivity contribution is 7.80. The molecule has 1 aromatic rings. The number of rotatable bonds is 9. The minimum absolute atomic E-state index is 0.00206. The molecule has 0 unspecified atom stereocenters. The lowest BCUT2D eigenvalue weighted by Gasteiger charge is -2.19. The van der Waals surface area contributed by atoms with Crippen LogP contribution in [0, 0.1) is 0 Å². The van der Waals surface area contributed by atoms with Gasteiger partial charge in [0.05, 0.1) is 13.2 Å². The van der Waals surface area contributed by atoms with Gasteiger partial charge in [-0.2, -0.15) is 0 Å². The van der Waals surface area contributed by atoms with Crippen LogP contribution in [0.1, 0.15) is 12.0 Å². The van der Waals surface area contributed by atoms with Crippen LogP contribution >= 0.6 is 12.2 Å². The summed E-state index contributed by atoms with van der Waals surface area (Å²) in [5.41, 5.74) is 6.93. The fourth-order valence-corrected chi connectivity index (χ4v) is 1.96. The van der Waals surface area contributed by atoms with Gasteiger partial charge in [-0.1, -0.05) is 12.2 Å². The van der Waals surface area contributed by atoms with Crippen LogP contribution in [-0.2, 0) is 4.79 Å². The number of aliphatic hydroxyl groups excluding tert-OH is 2. The molecule has 0 aliphatic heterocycles. The van der Waals surface area contributed by atoms with Crippen molar-refractivity contribution in [3.63, 3.8) is 0 Å². The second-order valence-electron chi connectivity index (χ2n) is 4.53. The van der Waals surface area contributed by atoms with Gasteiger partial charge in [0.15, 0.2) is 0 Å². The van der Waals surface area contributed by atoms with Crippen LogP contribution in [0.3, 0.4) is 0 Å². The molecular formula is C14H21N3O3S. The van der Waals surface area contributed by atoms with Gasteiger partial charge in [-0.3, -0.25) is 9.69 Å². The standard InChI is InChI=1S/C14H21N3O3S/c15-14(21)11-1-3-12(4-2-11)16-13(20)5-6-17(7-9-18)8-10-19/h1-4,18-19H,5-10H2,(H2,15,21)(H,16,20). The van der Waals surface area contributed by atoms with Crippen molar-refractivity contribution in [2.24, 2.45) is 5.73 Å². The van der Waals surface area contributed by atoms with Crippen LogP contribution in [0.5, 0.6) is 0 Å². The highest BCUT2D eigenvalue weighted by Gasteiger charge is 2.08. The van der Waals surface area contributed by atoms with E-state index in [0.29, 0.717) is 30.3 Å². The molecule has 0 bridgehead atoms. The third-order valence-electron chi connectivity index (χ3n) is 2.94. The normalized spacial score (nSPS) is 10.6. The maximum absolute atomic E-state index is 11.8. The molecule has 0 fully saturated rings. The van der Waals surface area contributed by atoms with Crippen molar-refractivity contribution < 1.29 is 15.0 Å². The zero-order valence-corrected chi connectivity index (χ0v) is 12.6. The fraction of sp³-hybridized carbons (Fsp3) is 0.429. The van der Waals surface area contributed by atoms with Gasteiger partial charge in [0.2, 0.25) is 5.91 Å². The SMILES string of the molecule is NC(=S)c1ccc(NC(=O)CCN(CCO)CCO)cc1. The summed E-state index contributed by atoms with van der Waals surface area (Å²) < 4.78 is 0. The Hall–Kier alpha value is -1.54. The lowest BCUT2D eigenvalue weighted by Crippen LogP contribution is -2.32. The lowest BCUT2D eigenvalue weighted by molar-refractivity contribution is -0.116. The molecule has 0 heterocycles. The van der Waals surface area contributed by atoms with E-state index in [1.165, 1.54) is 0 Å². The largest absolute Gasteiger partial charge is 0.395 e. The van der Waals surface area contributed by atoms with E-state index in [1.807, 2.05) is 4.90 Å². The Balaban J connectivity index is 2.43. The van der Waals surface area contributed by atoms with Crippen molar-refractivity contribution >= 4 is 28.8 Å². The average Bonchev–Trinajstić information content (AvgIpc) is 2.46. The maximum Gasteiger partial charge on any atom is 0.225 e. The number of hydrogen-bond acceptors (Lipinski definition) is 5. The molecule has 0 aliphatic rings. The van der Waals surface area contributed by atoms with E-state index in [2.05, 4.69) is 5.32 Å². The predicted octanol–water partition coefficient (Wildman–Crippen LogP) is -0.0640. The Morgan fingerprint density at radius 3 is 2.19 bits per heavy atom. The van der Waals surface area contributed by atoms with Crippen molar-refractivity contribution in [3.05, 3.63) is 29.8 Å². The molecule has 5 N–H and O–H groups in total. The van der Waals surface area contributed by atoms with E-state index in [4.69, 9.17) is 28.2 Å². The number of thiocarbonyl (C=S) groups is 1. The predicted molar refractivity (Wildman–Crippen MR) is 86.2 cm³/mol. The molecule has 7 heteroatoms.